The van der Waals surface area contributed by atoms with Gasteiger partial charge in [-0.25, -0.2) is 14.4 Å². The van der Waals surface area contributed by atoms with Gasteiger partial charge >= 0.3 is 18.1 Å². The normalized spacial score (nSPS) is 15.8. The van der Waals surface area contributed by atoms with E-state index in [4.69, 9.17) is 19.9 Å². The van der Waals surface area contributed by atoms with Gasteiger partial charge in [0.25, 0.3) is 0 Å². The minimum atomic E-state index is -0.987. The van der Waals surface area contributed by atoms with Gasteiger partial charge in [0.2, 0.25) is 0 Å². The summed E-state index contributed by atoms with van der Waals surface area (Å²) in [6.07, 6.45) is 3.09. The molecular formula is C27H42N4O6. The third kappa shape index (κ3) is 10.3. The van der Waals surface area contributed by atoms with Gasteiger partial charge in [-0.15, -0.1) is 0 Å². The lowest BCUT2D eigenvalue weighted by Gasteiger charge is -2.30. The number of benzene rings is 1. The third-order valence-corrected chi connectivity index (χ3v) is 6.04. The van der Waals surface area contributed by atoms with Crippen LogP contribution in [0.4, 0.5) is 9.59 Å². The maximum absolute atomic E-state index is 12.3. The highest BCUT2D eigenvalue weighted by Crippen LogP contribution is 2.24. The fraction of sp³-hybridized carbons (Fsp3) is 0.630. The average Bonchev–Trinajstić information content (AvgIpc) is 2.84. The zero-order chi connectivity index (χ0) is 27.6. The van der Waals surface area contributed by atoms with Crippen molar-refractivity contribution in [2.45, 2.75) is 71.9 Å². The monoisotopic (exact) mass is 518 g/mol. The maximum atomic E-state index is 12.3. The first-order valence-electron chi connectivity index (χ1n) is 12.8. The Balaban J connectivity index is 1.78. The van der Waals surface area contributed by atoms with Gasteiger partial charge < -0.3 is 30.2 Å². The molecule has 0 aliphatic carbocycles. The summed E-state index contributed by atoms with van der Waals surface area (Å²) in [4.78, 5) is 42.4. The van der Waals surface area contributed by atoms with Gasteiger partial charge in [-0.2, -0.15) is 4.99 Å². The van der Waals surface area contributed by atoms with Gasteiger partial charge in [0.15, 0.2) is 6.04 Å². The van der Waals surface area contributed by atoms with Crippen molar-refractivity contribution in [2.75, 3.05) is 26.8 Å². The summed E-state index contributed by atoms with van der Waals surface area (Å²) in [6, 6.07) is 5.72. The molecule has 3 N–H and O–H groups in total. The zero-order valence-corrected chi connectivity index (χ0v) is 22.9. The first kappa shape index (κ1) is 29.9. The van der Waals surface area contributed by atoms with E-state index in [9.17, 15) is 14.4 Å². The van der Waals surface area contributed by atoms with Gasteiger partial charge in [-0.3, -0.25) is 0 Å². The Kier molecular flexibility index (Phi) is 11.2. The second-order valence-electron chi connectivity index (χ2n) is 10.6. The van der Waals surface area contributed by atoms with Gasteiger partial charge in [0.1, 0.15) is 17.2 Å². The van der Waals surface area contributed by atoms with Crippen LogP contribution < -0.4 is 15.8 Å². The summed E-state index contributed by atoms with van der Waals surface area (Å²) < 4.78 is 16.0. The molecule has 0 radical (unpaired) electrons. The number of aliphatic imine (C=N–C) groups is 1. The van der Waals surface area contributed by atoms with E-state index in [1.54, 1.807) is 49.9 Å². The fourth-order valence-electron chi connectivity index (χ4n) is 3.86. The van der Waals surface area contributed by atoms with Gasteiger partial charge in [-0.1, -0.05) is 26.0 Å². The molecule has 1 aromatic carbocycles. The molecule has 2 rings (SSSR count). The van der Waals surface area contributed by atoms with Crippen molar-refractivity contribution in [3.8, 4) is 5.75 Å². The van der Waals surface area contributed by atoms with Crippen molar-refractivity contribution >= 4 is 23.9 Å². The number of ether oxygens (including phenoxy) is 3. The van der Waals surface area contributed by atoms with E-state index >= 15 is 0 Å². The summed E-state index contributed by atoms with van der Waals surface area (Å²) in [7, 11) is 1.27. The molecule has 10 nitrogen and oxygen atoms in total. The van der Waals surface area contributed by atoms with Crippen LogP contribution in [0, 0.1) is 11.8 Å². The van der Waals surface area contributed by atoms with Gasteiger partial charge in [0.05, 0.1) is 13.7 Å². The summed E-state index contributed by atoms with van der Waals surface area (Å²) in [5.74, 6) is 1.05. The van der Waals surface area contributed by atoms with Crippen molar-refractivity contribution in [1.29, 1.82) is 0 Å². The minimum absolute atomic E-state index is 0.0564. The van der Waals surface area contributed by atoms with Crippen LogP contribution >= 0.6 is 0 Å². The summed E-state index contributed by atoms with van der Waals surface area (Å²) in [5, 5.41) is 2.56. The number of esters is 1. The van der Waals surface area contributed by atoms with Gasteiger partial charge in [-0.05, 0) is 70.1 Å². The van der Waals surface area contributed by atoms with Crippen LogP contribution in [0.2, 0.25) is 0 Å². The molecule has 1 aromatic rings. The van der Waals surface area contributed by atoms with Crippen LogP contribution in [0.25, 0.3) is 0 Å². The molecule has 206 valence electrons. The molecule has 1 aliphatic rings. The minimum Gasteiger partial charge on any atom is -0.494 e. The average molecular weight is 519 g/mol. The molecule has 3 amide bonds. The van der Waals surface area contributed by atoms with Crippen LogP contribution in [-0.2, 0) is 14.3 Å². The molecule has 1 saturated heterocycles. The number of carbonyl (C=O) groups excluding carboxylic acids is 3. The predicted octanol–water partition coefficient (Wildman–Crippen LogP) is 4.43. The summed E-state index contributed by atoms with van der Waals surface area (Å²) in [5.41, 5.74) is 5.68. The van der Waals surface area contributed by atoms with Crippen LogP contribution in [0.15, 0.2) is 29.3 Å². The number of hydrogen-bond donors (Lipinski definition) is 2. The number of hydrogen-bond acceptors (Lipinski definition) is 6. The molecule has 37 heavy (non-hydrogen) atoms. The number of carbonyl (C=O) groups is 3. The summed E-state index contributed by atoms with van der Waals surface area (Å²) in [6.45, 7) is 11.0. The van der Waals surface area contributed by atoms with Crippen LogP contribution in [0.3, 0.4) is 0 Å². The second-order valence-corrected chi connectivity index (χ2v) is 10.6. The Morgan fingerprint density at radius 1 is 1.14 bits per heavy atom. The van der Waals surface area contributed by atoms with Gasteiger partial charge in [0, 0.05) is 19.0 Å². The standard InChI is InChI=1S/C27H42N4O6/c1-18(2)23(28)30-25(33)31-15-13-19(14-16-31)8-7-17-36-21-11-9-20(10-12-21)22(24(32)35-6)29-26(34)37-27(3,4)5/h9-12,18-19,22H,7-8,13-17H2,1-6H3,(H,29,34)(H2,28,30,33). The molecule has 1 heterocycles. The number of nitrogens with zero attached hydrogens (tertiary/aromatic N) is 2. The molecule has 10 heteroatoms. The van der Waals surface area contributed by atoms with E-state index in [2.05, 4.69) is 10.3 Å². The molecule has 1 atom stereocenters. The Morgan fingerprint density at radius 2 is 1.76 bits per heavy atom. The first-order valence-corrected chi connectivity index (χ1v) is 12.8. The van der Waals surface area contributed by atoms with E-state index in [1.807, 2.05) is 13.8 Å². The number of nitrogens with one attached hydrogen (secondary N) is 1. The Hall–Kier alpha value is -3.30. The lowest BCUT2D eigenvalue weighted by Crippen LogP contribution is -2.38. The largest absolute Gasteiger partial charge is 0.494 e. The predicted molar refractivity (Wildman–Crippen MR) is 141 cm³/mol. The van der Waals surface area contributed by atoms with E-state index in [0.29, 0.717) is 42.8 Å². The highest BCUT2D eigenvalue weighted by atomic mass is 16.6. The number of alkyl carbamates (subject to hydrolysis) is 1. The Morgan fingerprint density at radius 3 is 2.30 bits per heavy atom. The Bertz CT molecular complexity index is 931. The van der Waals surface area contributed by atoms with Crippen molar-refractivity contribution < 1.29 is 28.6 Å². The second kappa shape index (κ2) is 13.9. The number of likely N-dealkylation sites (tertiary alicyclic amines) is 1. The third-order valence-electron chi connectivity index (χ3n) is 6.04. The summed E-state index contributed by atoms with van der Waals surface area (Å²) >= 11 is 0. The van der Waals surface area contributed by atoms with Crippen molar-refractivity contribution in [2.24, 2.45) is 22.6 Å². The molecule has 0 aromatic heterocycles. The molecular weight excluding hydrogens is 476 g/mol. The SMILES string of the molecule is COC(=O)C(NC(=O)OC(C)(C)C)c1ccc(OCCCC2CCN(C(=O)/N=C(\N)C(C)C)CC2)cc1. The van der Waals surface area contributed by atoms with Crippen molar-refractivity contribution in [3.63, 3.8) is 0 Å². The quantitative estimate of drug-likeness (QED) is 0.214. The highest BCUT2D eigenvalue weighted by Gasteiger charge is 2.27. The number of rotatable bonds is 9. The lowest BCUT2D eigenvalue weighted by atomic mass is 9.92. The number of urea groups is 1. The van der Waals surface area contributed by atoms with Crippen molar-refractivity contribution in [3.05, 3.63) is 29.8 Å². The maximum Gasteiger partial charge on any atom is 0.408 e. The number of piperidine rings is 1. The number of methoxy groups -OCH3 is 1. The molecule has 1 unspecified atom stereocenters. The fourth-order valence-corrected chi connectivity index (χ4v) is 3.86. The molecule has 0 spiro atoms. The number of amidine groups is 1. The van der Waals surface area contributed by atoms with E-state index in [0.717, 1.165) is 25.7 Å². The topological polar surface area (TPSA) is 133 Å². The molecule has 0 bridgehead atoms. The lowest BCUT2D eigenvalue weighted by molar-refractivity contribution is -0.143. The number of nitrogens with two attached hydrogens (primary N) is 1. The van der Waals surface area contributed by atoms with Crippen LogP contribution in [-0.4, -0.2) is 61.2 Å². The zero-order valence-electron chi connectivity index (χ0n) is 22.9. The Labute approximate surface area is 219 Å². The van der Waals surface area contributed by atoms with Crippen LogP contribution in [0.1, 0.15) is 71.9 Å². The molecule has 1 aliphatic heterocycles. The highest BCUT2D eigenvalue weighted by molar-refractivity contribution is 5.93. The van der Waals surface area contributed by atoms with Crippen LogP contribution in [0.5, 0.6) is 5.75 Å². The molecule has 0 saturated carbocycles. The molecule has 1 fully saturated rings. The first-order chi connectivity index (χ1) is 17.4. The number of amides is 3. The smallest absolute Gasteiger partial charge is 0.408 e. The van der Waals surface area contributed by atoms with E-state index < -0.39 is 23.7 Å². The van der Waals surface area contributed by atoms with Crippen molar-refractivity contribution in [1.82, 2.24) is 10.2 Å². The van der Waals surface area contributed by atoms with E-state index in [1.165, 1.54) is 7.11 Å². The van der Waals surface area contributed by atoms with E-state index in [-0.39, 0.29) is 11.9 Å².